The summed E-state index contributed by atoms with van der Waals surface area (Å²) in [4.78, 5) is 16.0. The minimum atomic E-state index is -1.11. The average molecular weight is 545 g/mol. The van der Waals surface area contributed by atoms with Crippen molar-refractivity contribution >= 4 is 39.6 Å². The van der Waals surface area contributed by atoms with Crippen LogP contribution in [0.15, 0.2) is 58.1 Å². The second-order valence-corrected chi connectivity index (χ2v) is 12.4. The summed E-state index contributed by atoms with van der Waals surface area (Å²) in [5, 5.41) is 14.9. The molecule has 0 spiro atoms. The van der Waals surface area contributed by atoms with Crippen molar-refractivity contribution in [3.8, 4) is 5.75 Å². The van der Waals surface area contributed by atoms with Crippen LogP contribution in [-0.2, 0) is 17.2 Å². The lowest BCUT2D eigenvalue weighted by molar-refractivity contribution is -0.384. The molecule has 2 aliphatic rings. The van der Waals surface area contributed by atoms with Crippen LogP contribution < -0.4 is 15.8 Å². The van der Waals surface area contributed by atoms with Crippen LogP contribution >= 0.6 is 11.6 Å². The quantitative estimate of drug-likeness (QED) is 0.199. The second kappa shape index (κ2) is 11.2. The highest BCUT2D eigenvalue weighted by Gasteiger charge is 2.29. The fraction of sp³-hybridized carbons (Fsp3) is 0.444. The number of nitrogens with two attached hydrogens (primary N) is 1. The Balaban J connectivity index is 1.50. The highest BCUT2D eigenvalue weighted by molar-refractivity contribution is 7.85. The third-order valence-electron chi connectivity index (χ3n) is 6.42. The van der Waals surface area contributed by atoms with Crippen molar-refractivity contribution in [1.82, 2.24) is 0 Å². The molecule has 1 fully saturated rings. The largest absolute Gasteiger partial charge is 0.490 e. The van der Waals surface area contributed by atoms with E-state index < -0.39 is 15.7 Å². The van der Waals surface area contributed by atoms with Crippen LogP contribution in [0.25, 0.3) is 0 Å². The van der Waals surface area contributed by atoms with Crippen molar-refractivity contribution in [2.75, 3.05) is 11.1 Å². The molecule has 1 aliphatic heterocycles. The zero-order chi connectivity index (χ0) is 26.7. The van der Waals surface area contributed by atoms with Crippen molar-refractivity contribution in [1.29, 1.82) is 0 Å². The highest BCUT2D eigenvalue weighted by Crippen LogP contribution is 2.36. The maximum Gasteiger partial charge on any atom is 0.269 e. The van der Waals surface area contributed by atoms with Gasteiger partial charge in [0.25, 0.3) is 5.69 Å². The number of hydrogen-bond donors (Lipinski definition) is 2. The van der Waals surface area contributed by atoms with Gasteiger partial charge in [0, 0.05) is 35.2 Å². The monoisotopic (exact) mass is 544 g/mol. The molecular weight excluding hydrogens is 512 g/mol. The van der Waals surface area contributed by atoms with Gasteiger partial charge in [0.05, 0.1) is 37.3 Å². The molecule has 3 unspecified atom stereocenters. The number of fused-ring (bicyclic) bond motifs is 1. The van der Waals surface area contributed by atoms with Gasteiger partial charge in [-0.2, -0.15) is 0 Å². The standard InChI is InChI=1S/C27H33ClN4O4S/c1-27(2,3)31-25(30-24-13-12-22(28)26-21(24)5-4-14-37(26)35)16-23(29)17-6-9-20(15-17)36-19-10-7-18(8-11-19)32(33)34/h7-8,10-13,16-17,20H,4-6,9,14-15,29H2,1-3H3,(H,30,31)/b23-16-. The summed E-state index contributed by atoms with van der Waals surface area (Å²) < 4.78 is 18.7. The molecule has 4 rings (SSSR count). The minimum absolute atomic E-state index is 0.0207. The van der Waals surface area contributed by atoms with E-state index in [1.807, 2.05) is 32.9 Å². The molecule has 1 aliphatic carbocycles. The van der Waals surface area contributed by atoms with Gasteiger partial charge in [0.2, 0.25) is 0 Å². The number of anilines is 1. The third-order valence-corrected chi connectivity index (χ3v) is 8.43. The predicted octanol–water partition coefficient (Wildman–Crippen LogP) is 6.00. The van der Waals surface area contributed by atoms with Crippen molar-refractivity contribution in [2.45, 2.75) is 69.4 Å². The summed E-state index contributed by atoms with van der Waals surface area (Å²) in [6.45, 7) is 6.07. The molecule has 1 heterocycles. The lowest BCUT2D eigenvalue weighted by Gasteiger charge is -2.23. The summed E-state index contributed by atoms with van der Waals surface area (Å²) in [6, 6.07) is 9.84. The SMILES string of the molecule is CC(C)(C)N=C(/C=C(\N)C1CCC(Oc2ccc([N+](=O)[O-])cc2)C1)Nc1ccc(Cl)c2c1CCCS2=O. The number of non-ortho nitro benzene ring substituents is 1. The minimum Gasteiger partial charge on any atom is -0.490 e. The Hall–Kier alpha value is -2.91. The Morgan fingerprint density at radius 2 is 1.97 bits per heavy atom. The molecular formula is C27H33ClN4O4S. The molecule has 198 valence electrons. The van der Waals surface area contributed by atoms with Crippen LogP contribution in [0.3, 0.4) is 0 Å². The van der Waals surface area contributed by atoms with Gasteiger partial charge in [0.1, 0.15) is 11.6 Å². The van der Waals surface area contributed by atoms with Crippen LogP contribution in [0.2, 0.25) is 5.02 Å². The second-order valence-electron chi connectivity index (χ2n) is 10.5. The summed E-state index contributed by atoms with van der Waals surface area (Å²) in [5.41, 5.74) is 8.83. The van der Waals surface area contributed by atoms with Gasteiger partial charge in [-0.05, 0) is 88.8 Å². The molecule has 0 saturated heterocycles. The number of benzene rings is 2. The first-order chi connectivity index (χ1) is 17.5. The fourth-order valence-electron chi connectivity index (χ4n) is 4.75. The number of hydrogen-bond acceptors (Lipinski definition) is 6. The number of nitrogens with zero attached hydrogens (tertiary/aromatic N) is 2. The molecule has 37 heavy (non-hydrogen) atoms. The Morgan fingerprint density at radius 3 is 2.65 bits per heavy atom. The molecule has 3 atom stereocenters. The molecule has 0 aromatic heterocycles. The van der Waals surface area contributed by atoms with Crippen molar-refractivity contribution in [2.24, 2.45) is 16.6 Å². The molecule has 2 aromatic carbocycles. The van der Waals surface area contributed by atoms with Crippen LogP contribution in [0.1, 0.15) is 52.0 Å². The summed E-state index contributed by atoms with van der Waals surface area (Å²) >= 11 is 6.39. The topological polar surface area (TPSA) is 120 Å². The van der Waals surface area contributed by atoms with Crippen molar-refractivity contribution < 1.29 is 13.9 Å². The molecule has 3 N–H and O–H groups in total. The fourth-order valence-corrected chi connectivity index (χ4v) is 6.57. The first-order valence-electron chi connectivity index (χ1n) is 12.4. The van der Waals surface area contributed by atoms with E-state index in [9.17, 15) is 14.3 Å². The number of allylic oxidation sites excluding steroid dienone is 1. The maximum atomic E-state index is 12.6. The number of nitro benzene ring substituents is 1. The van der Waals surface area contributed by atoms with Gasteiger partial charge < -0.3 is 15.8 Å². The van der Waals surface area contributed by atoms with Crippen LogP contribution in [0, 0.1) is 16.0 Å². The summed E-state index contributed by atoms with van der Waals surface area (Å²) in [5.74, 6) is 2.00. The summed E-state index contributed by atoms with van der Waals surface area (Å²) in [6.07, 6.45) is 5.98. The number of ether oxygens (including phenoxy) is 1. The van der Waals surface area contributed by atoms with E-state index in [4.69, 9.17) is 27.1 Å². The Bertz CT molecular complexity index is 1250. The third kappa shape index (κ3) is 6.90. The molecule has 0 bridgehead atoms. The molecule has 0 radical (unpaired) electrons. The van der Waals surface area contributed by atoms with Crippen molar-refractivity contribution in [3.63, 3.8) is 0 Å². The predicted molar refractivity (Wildman–Crippen MR) is 149 cm³/mol. The molecule has 0 amide bonds. The first-order valence-corrected chi connectivity index (χ1v) is 14.1. The van der Waals surface area contributed by atoms with Gasteiger partial charge in [-0.3, -0.25) is 19.3 Å². The van der Waals surface area contributed by atoms with E-state index >= 15 is 0 Å². The molecule has 10 heteroatoms. The number of halogens is 1. The first kappa shape index (κ1) is 27.1. The lowest BCUT2D eigenvalue weighted by atomic mass is 10.0. The van der Waals surface area contributed by atoms with Crippen molar-refractivity contribution in [3.05, 3.63) is 68.9 Å². The molecule has 1 saturated carbocycles. The van der Waals surface area contributed by atoms with Gasteiger partial charge in [0.15, 0.2) is 0 Å². The molecule has 8 nitrogen and oxygen atoms in total. The van der Waals surface area contributed by atoms with Gasteiger partial charge in [-0.1, -0.05) is 11.6 Å². The van der Waals surface area contributed by atoms with Crippen LogP contribution in [-0.4, -0.2) is 32.4 Å². The average Bonchev–Trinajstić information content (AvgIpc) is 3.29. The van der Waals surface area contributed by atoms with Crippen LogP contribution in [0.5, 0.6) is 5.75 Å². The van der Waals surface area contributed by atoms with E-state index in [2.05, 4.69) is 5.32 Å². The Labute approximate surface area is 224 Å². The maximum absolute atomic E-state index is 12.6. The van der Waals surface area contributed by atoms with E-state index in [0.717, 1.165) is 49.1 Å². The van der Waals surface area contributed by atoms with E-state index in [-0.39, 0.29) is 23.2 Å². The van der Waals surface area contributed by atoms with Gasteiger partial charge in [-0.25, -0.2) is 0 Å². The zero-order valence-electron chi connectivity index (χ0n) is 21.3. The number of rotatable bonds is 6. The number of aliphatic imine (C=N–C) groups is 1. The Kier molecular flexibility index (Phi) is 8.23. The van der Waals surface area contributed by atoms with E-state index in [1.54, 1.807) is 18.2 Å². The normalized spacial score (nSPS) is 22.4. The number of amidine groups is 1. The lowest BCUT2D eigenvalue weighted by Crippen LogP contribution is -2.23. The number of nitrogens with one attached hydrogen (secondary N) is 1. The van der Waals surface area contributed by atoms with Crippen LogP contribution in [0.4, 0.5) is 11.4 Å². The zero-order valence-corrected chi connectivity index (χ0v) is 22.9. The van der Waals surface area contributed by atoms with Gasteiger partial charge in [-0.15, -0.1) is 0 Å². The van der Waals surface area contributed by atoms with E-state index in [1.165, 1.54) is 12.1 Å². The number of nitro groups is 1. The summed E-state index contributed by atoms with van der Waals surface area (Å²) in [7, 11) is -1.11. The Morgan fingerprint density at radius 1 is 1.24 bits per heavy atom. The van der Waals surface area contributed by atoms with Gasteiger partial charge >= 0.3 is 0 Å². The highest BCUT2D eigenvalue weighted by atomic mass is 35.5. The molecule has 2 aromatic rings. The van der Waals surface area contributed by atoms with E-state index in [0.29, 0.717) is 27.3 Å². The smallest absolute Gasteiger partial charge is 0.269 e.